The molecule has 0 spiro atoms. The summed E-state index contributed by atoms with van der Waals surface area (Å²) in [6.45, 7) is 6.43. The average Bonchev–Trinajstić information content (AvgIpc) is 3.22. The SMILES string of the molecule is Cc1ccccc1N(C)Cc1cc(CNC2CC2)sc1C. The number of hydrogen-bond donors (Lipinski definition) is 1. The van der Waals surface area contributed by atoms with Crippen molar-refractivity contribution in [1.29, 1.82) is 0 Å². The van der Waals surface area contributed by atoms with Crippen LogP contribution in [-0.4, -0.2) is 13.1 Å². The second kappa shape index (κ2) is 6.20. The van der Waals surface area contributed by atoms with Gasteiger partial charge in [-0.2, -0.15) is 0 Å². The molecule has 1 fully saturated rings. The monoisotopic (exact) mass is 300 g/mol. The summed E-state index contributed by atoms with van der Waals surface area (Å²) < 4.78 is 0. The molecule has 2 nitrogen and oxygen atoms in total. The zero-order valence-corrected chi connectivity index (χ0v) is 14.0. The van der Waals surface area contributed by atoms with Gasteiger partial charge in [0.15, 0.2) is 0 Å². The first-order valence-corrected chi connectivity index (χ1v) is 8.53. The molecule has 3 heteroatoms. The van der Waals surface area contributed by atoms with E-state index in [1.54, 1.807) is 0 Å². The Morgan fingerprint density at radius 2 is 2.00 bits per heavy atom. The molecule has 0 amide bonds. The quantitative estimate of drug-likeness (QED) is 0.858. The third-order valence-electron chi connectivity index (χ3n) is 4.15. The van der Waals surface area contributed by atoms with Gasteiger partial charge in [-0.3, -0.25) is 0 Å². The van der Waals surface area contributed by atoms with Gasteiger partial charge in [0.1, 0.15) is 0 Å². The lowest BCUT2D eigenvalue weighted by molar-refractivity contribution is 0.695. The van der Waals surface area contributed by atoms with E-state index >= 15 is 0 Å². The lowest BCUT2D eigenvalue weighted by atomic mass is 10.1. The second-order valence-corrected chi connectivity index (χ2v) is 7.43. The smallest absolute Gasteiger partial charge is 0.0437 e. The first-order valence-electron chi connectivity index (χ1n) is 7.72. The highest BCUT2D eigenvalue weighted by atomic mass is 32.1. The summed E-state index contributed by atoms with van der Waals surface area (Å²) in [6.07, 6.45) is 2.71. The van der Waals surface area contributed by atoms with Gasteiger partial charge in [-0.15, -0.1) is 11.3 Å². The number of thiophene rings is 1. The molecular formula is C18H24N2S. The number of aryl methyl sites for hydroxylation is 2. The van der Waals surface area contributed by atoms with Crippen molar-refractivity contribution in [2.75, 3.05) is 11.9 Å². The molecular weight excluding hydrogens is 276 g/mol. The Balaban J connectivity index is 1.67. The zero-order chi connectivity index (χ0) is 14.8. The summed E-state index contributed by atoms with van der Waals surface area (Å²) in [5.41, 5.74) is 4.11. The number of anilines is 1. The van der Waals surface area contributed by atoms with Crippen LogP contribution in [0.15, 0.2) is 30.3 Å². The minimum atomic E-state index is 0.783. The van der Waals surface area contributed by atoms with E-state index in [0.29, 0.717) is 0 Å². The topological polar surface area (TPSA) is 15.3 Å². The molecule has 0 aliphatic heterocycles. The summed E-state index contributed by atoms with van der Waals surface area (Å²) in [5.74, 6) is 0. The molecule has 112 valence electrons. The summed E-state index contributed by atoms with van der Waals surface area (Å²) in [5, 5.41) is 3.60. The lowest BCUT2D eigenvalue weighted by Crippen LogP contribution is -2.17. The van der Waals surface area contributed by atoms with E-state index < -0.39 is 0 Å². The maximum absolute atomic E-state index is 3.60. The van der Waals surface area contributed by atoms with E-state index in [1.165, 1.54) is 39.4 Å². The van der Waals surface area contributed by atoms with E-state index in [2.05, 4.69) is 61.4 Å². The van der Waals surface area contributed by atoms with Gasteiger partial charge in [0.2, 0.25) is 0 Å². The minimum Gasteiger partial charge on any atom is -0.370 e. The van der Waals surface area contributed by atoms with Crippen LogP contribution in [-0.2, 0) is 13.1 Å². The molecule has 1 aromatic heterocycles. The number of benzene rings is 1. The molecule has 21 heavy (non-hydrogen) atoms. The van der Waals surface area contributed by atoms with Crippen LogP contribution in [0.3, 0.4) is 0 Å². The van der Waals surface area contributed by atoms with Crippen LogP contribution < -0.4 is 10.2 Å². The molecule has 1 N–H and O–H groups in total. The van der Waals surface area contributed by atoms with E-state index in [1.807, 2.05) is 11.3 Å². The molecule has 3 rings (SSSR count). The van der Waals surface area contributed by atoms with E-state index in [-0.39, 0.29) is 0 Å². The minimum absolute atomic E-state index is 0.783. The van der Waals surface area contributed by atoms with Crippen molar-refractivity contribution in [1.82, 2.24) is 5.32 Å². The van der Waals surface area contributed by atoms with Crippen molar-refractivity contribution in [3.8, 4) is 0 Å². The maximum atomic E-state index is 3.60. The van der Waals surface area contributed by atoms with E-state index in [9.17, 15) is 0 Å². The number of rotatable bonds is 6. The summed E-state index contributed by atoms with van der Waals surface area (Å²) >= 11 is 1.94. The highest BCUT2D eigenvalue weighted by Gasteiger charge is 2.20. The Bertz CT molecular complexity index is 613. The Morgan fingerprint density at radius 1 is 1.24 bits per heavy atom. The predicted molar refractivity (Wildman–Crippen MR) is 92.2 cm³/mol. The third kappa shape index (κ3) is 3.66. The molecule has 0 saturated heterocycles. The first kappa shape index (κ1) is 14.6. The van der Waals surface area contributed by atoms with Gasteiger partial charge in [-0.05, 0) is 49.9 Å². The first-order chi connectivity index (χ1) is 10.1. The molecule has 1 aliphatic rings. The number of para-hydroxylation sites is 1. The average molecular weight is 300 g/mol. The molecule has 2 aromatic rings. The van der Waals surface area contributed by atoms with Crippen molar-refractivity contribution in [3.05, 3.63) is 51.2 Å². The van der Waals surface area contributed by atoms with Crippen molar-refractivity contribution in [3.63, 3.8) is 0 Å². The van der Waals surface area contributed by atoms with E-state index in [4.69, 9.17) is 0 Å². The van der Waals surface area contributed by atoms with Crippen LogP contribution in [0.2, 0.25) is 0 Å². The highest BCUT2D eigenvalue weighted by Crippen LogP contribution is 2.27. The number of hydrogen-bond acceptors (Lipinski definition) is 3. The molecule has 1 heterocycles. The second-order valence-electron chi connectivity index (χ2n) is 6.09. The molecule has 0 atom stereocenters. The van der Waals surface area contributed by atoms with Gasteiger partial charge in [-0.1, -0.05) is 18.2 Å². The number of nitrogens with one attached hydrogen (secondary N) is 1. The fourth-order valence-corrected chi connectivity index (χ4v) is 3.70. The van der Waals surface area contributed by atoms with Gasteiger partial charge < -0.3 is 10.2 Å². The van der Waals surface area contributed by atoms with Gasteiger partial charge in [0.05, 0.1) is 0 Å². The Kier molecular flexibility index (Phi) is 4.32. The van der Waals surface area contributed by atoms with Crippen molar-refractivity contribution in [2.24, 2.45) is 0 Å². The Morgan fingerprint density at radius 3 is 2.71 bits per heavy atom. The maximum Gasteiger partial charge on any atom is 0.0437 e. The van der Waals surface area contributed by atoms with Gasteiger partial charge in [0, 0.05) is 41.6 Å². The molecule has 1 aliphatic carbocycles. The fourth-order valence-electron chi connectivity index (χ4n) is 2.70. The van der Waals surface area contributed by atoms with Crippen LogP contribution in [0.4, 0.5) is 5.69 Å². The van der Waals surface area contributed by atoms with Crippen LogP contribution in [0.5, 0.6) is 0 Å². The zero-order valence-electron chi connectivity index (χ0n) is 13.1. The predicted octanol–water partition coefficient (Wildman–Crippen LogP) is 4.25. The molecule has 0 radical (unpaired) electrons. The standard InChI is InChI=1S/C18H24N2S/c1-13-6-4-5-7-18(13)20(3)12-15-10-17(21-14(15)2)11-19-16-8-9-16/h4-7,10,16,19H,8-9,11-12H2,1-3H3. The van der Waals surface area contributed by atoms with Crippen LogP contribution in [0.1, 0.15) is 33.7 Å². The van der Waals surface area contributed by atoms with E-state index in [0.717, 1.165) is 19.1 Å². The molecule has 0 unspecified atom stereocenters. The molecule has 1 aromatic carbocycles. The Hall–Kier alpha value is -1.32. The van der Waals surface area contributed by atoms with Gasteiger partial charge >= 0.3 is 0 Å². The summed E-state index contributed by atoms with van der Waals surface area (Å²) in [4.78, 5) is 5.26. The largest absolute Gasteiger partial charge is 0.370 e. The fraction of sp³-hybridized carbons (Fsp3) is 0.444. The Labute approximate surface area is 131 Å². The van der Waals surface area contributed by atoms with Gasteiger partial charge in [-0.25, -0.2) is 0 Å². The van der Waals surface area contributed by atoms with Crippen molar-refractivity contribution in [2.45, 2.75) is 45.8 Å². The molecule has 1 saturated carbocycles. The van der Waals surface area contributed by atoms with Crippen molar-refractivity contribution >= 4 is 17.0 Å². The highest BCUT2D eigenvalue weighted by molar-refractivity contribution is 7.12. The van der Waals surface area contributed by atoms with Crippen molar-refractivity contribution < 1.29 is 0 Å². The summed E-state index contributed by atoms with van der Waals surface area (Å²) in [7, 11) is 2.18. The van der Waals surface area contributed by atoms with Crippen LogP contribution in [0.25, 0.3) is 0 Å². The normalized spacial score (nSPS) is 14.4. The molecule has 0 bridgehead atoms. The lowest BCUT2D eigenvalue weighted by Gasteiger charge is -2.21. The summed E-state index contributed by atoms with van der Waals surface area (Å²) in [6, 6.07) is 11.8. The third-order valence-corrected chi connectivity index (χ3v) is 5.24. The van der Waals surface area contributed by atoms with Crippen LogP contribution >= 0.6 is 11.3 Å². The van der Waals surface area contributed by atoms with Gasteiger partial charge in [0.25, 0.3) is 0 Å². The number of nitrogens with zero attached hydrogens (tertiary/aromatic N) is 1. The van der Waals surface area contributed by atoms with Crippen LogP contribution in [0, 0.1) is 13.8 Å².